The predicted octanol–water partition coefficient (Wildman–Crippen LogP) is 0.483. The van der Waals surface area contributed by atoms with Crippen LogP contribution in [0.1, 0.15) is 11.5 Å². The Labute approximate surface area is 79.5 Å². The van der Waals surface area contributed by atoms with Gasteiger partial charge in [-0.05, 0) is 12.1 Å². The highest BCUT2D eigenvalue weighted by Gasteiger charge is 2.18. The topological polar surface area (TPSA) is 100 Å². The zero-order valence-electron chi connectivity index (χ0n) is 7.21. The Morgan fingerprint density at radius 3 is 2.86 bits per heavy atom. The fourth-order valence-corrected chi connectivity index (χ4v) is 0.959. The van der Waals surface area contributed by atoms with E-state index < -0.39 is 11.2 Å². The number of rotatable bonds is 4. The lowest BCUT2D eigenvalue weighted by atomic mass is 10.3. The van der Waals surface area contributed by atoms with Gasteiger partial charge in [-0.25, -0.2) is 0 Å². The first-order valence-electron chi connectivity index (χ1n) is 3.89. The van der Waals surface area contributed by atoms with Gasteiger partial charge in [-0.15, -0.1) is 0 Å². The molecule has 1 rings (SSSR count). The molecule has 1 aromatic heterocycles. The molecule has 0 aliphatic heterocycles. The van der Waals surface area contributed by atoms with Crippen LogP contribution in [0.25, 0.3) is 0 Å². The van der Waals surface area contributed by atoms with Crippen LogP contribution in [0.2, 0.25) is 0 Å². The smallest absolute Gasteiger partial charge is 0.320 e. The first kappa shape index (κ1) is 10.2. The highest BCUT2D eigenvalue weighted by molar-refractivity contribution is 5.10. The van der Waals surface area contributed by atoms with Gasteiger partial charge < -0.3 is 9.52 Å². The molecule has 0 fully saturated rings. The lowest BCUT2D eigenvalue weighted by Crippen LogP contribution is -2.20. The van der Waals surface area contributed by atoms with Crippen molar-refractivity contribution in [1.82, 2.24) is 0 Å². The maximum Gasteiger partial charge on any atom is 0.320 e. The first-order valence-corrected chi connectivity index (χ1v) is 3.89. The summed E-state index contributed by atoms with van der Waals surface area (Å²) >= 11 is 0. The van der Waals surface area contributed by atoms with E-state index in [4.69, 9.17) is 14.8 Å². The summed E-state index contributed by atoms with van der Waals surface area (Å²) in [5.41, 5.74) is 0. The Balaban J connectivity index is 2.60. The number of aliphatic hydroxyl groups excluding tert-OH is 1. The molecule has 6 nitrogen and oxygen atoms in total. The molecule has 1 heterocycles. The van der Waals surface area contributed by atoms with Gasteiger partial charge in [0.1, 0.15) is 17.9 Å². The Morgan fingerprint density at radius 1 is 1.64 bits per heavy atom. The molecule has 0 saturated carbocycles. The van der Waals surface area contributed by atoms with E-state index in [1.54, 1.807) is 6.07 Å². The van der Waals surface area contributed by atoms with Crippen molar-refractivity contribution in [2.24, 2.45) is 0 Å². The van der Waals surface area contributed by atoms with Crippen LogP contribution in [-0.2, 0) is 12.8 Å². The van der Waals surface area contributed by atoms with Gasteiger partial charge in [-0.2, -0.15) is 5.26 Å². The SMILES string of the molecule is N#CCc1ccc(CC(O)[N+](=O)[O-])o1. The molecule has 1 atom stereocenters. The lowest BCUT2D eigenvalue weighted by molar-refractivity contribution is -0.570. The van der Waals surface area contributed by atoms with Gasteiger partial charge in [0.25, 0.3) is 0 Å². The van der Waals surface area contributed by atoms with Gasteiger partial charge in [-0.1, -0.05) is 0 Å². The maximum atomic E-state index is 10.1. The van der Waals surface area contributed by atoms with E-state index in [-0.39, 0.29) is 12.8 Å². The van der Waals surface area contributed by atoms with Gasteiger partial charge >= 0.3 is 6.23 Å². The fraction of sp³-hybridized carbons (Fsp3) is 0.375. The van der Waals surface area contributed by atoms with E-state index in [1.807, 2.05) is 6.07 Å². The van der Waals surface area contributed by atoms with Crippen LogP contribution in [0.5, 0.6) is 0 Å². The van der Waals surface area contributed by atoms with Gasteiger partial charge in [0.2, 0.25) is 0 Å². The van der Waals surface area contributed by atoms with Gasteiger partial charge in [-0.3, -0.25) is 10.1 Å². The summed E-state index contributed by atoms with van der Waals surface area (Å²) in [5.74, 6) is 0.748. The summed E-state index contributed by atoms with van der Waals surface area (Å²) in [5, 5.41) is 27.3. The molecular formula is C8H8N2O4. The summed E-state index contributed by atoms with van der Waals surface area (Å²) in [6.07, 6.45) is -1.72. The van der Waals surface area contributed by atoms with Crippen molar-refractivity contribution >= 4 is 0 Å². The number of nitro groups is 1. The molecule has 1 N–H and O–H groups in total. The van der Waals surface area contributed by atoms with E-state index in [0.29, 0.717) is 11.5 Å². The van der Waals surface area contributed by atoms with Crippen LogP contribution in [0.4, 0.5) is 0 Å². The summed E-state index contributed by atoms with van der Waals surface area (Å²) in [4.78, 5) is 9.30. The van der Waals surface area contributed by atoms with Crippen molar-refractivity contribution < 1.29 is 14.4 Å². The lowest BCUT2D eigenvalue weighted by Gasteiger charge is -1.98. The van der Waals surface area contributed by atoms with E-state index >= 15 is 0 Å². The van der Waals surface area contributed by atoms with Crippen molar-refractivity contribution in [2.75, 3.05) is 0 Å². The Bertz CT molecular complexity index is 366. The molecule has 0 saturated heterocycles. The van der Waals surface area contributed by atoms with Crippen LogP contribution in [0.15, 0.2) is 16.5 Å². The third-order valence-corrected chi connectivity index (χ3v) is 1.60. The second-order valence-electron chi connectivity index (χ2n) is 2.67. The van der Waals surface area contributed by atoms with Crippen LogP contribution in [-0.4, -0.2) is 16.3 Å². The minimum absolute atomic E-state index is 0.120. The number of nitrogens with zero attached hydrogens (tertiary/aromatic N) is 2. The third kappa shape index (κ3) is 2.57. The molecule has 0 radical (unpaired) electrons. The van der Waals surface area contributed by atoms with Crippen LogP contribution >= 0.6 is 0 Å². The molecule has 74 valence electrons. The van der Waals surface area contributed by atoms with Crippen LogP contribution in [0, 0.1) is 21.4 Å². The van der Waals surface area contributed by atoms with Crippen LogP contribution in [0.3, 0.4) is 0 Å². The normalized spacial score (nSPS) is 12.0. The first-order chi connectivity index (χ1) is 6.63. The number of aliphatic hydroxyl groups is 1. The molecule has 1 aromatic rings. The van der Waals surface area contributed by atoms with Crippen molar-refractivity contribution in [2.45, 2.75) is 19.1 Å². The largest absolute Gasteiger partial charge is 0.465 e. The summed E-state index contributed by atoms with van der Waals surface area (Å²) < 4.78 is 5.06. The molecule has 0 bridgehead atoms. The quantitative estimate of drug-likeness (QED) is 0.429. The summed E-state index contributed by atoms with van der Waals surface area (Å²) in [6, 6.07) is 4.96. The predicted molar refractivity (Wildman–Crippen MR) is 44.7 cm³/mol. The molecule has 6 heteroatoms. The second-order valence-corrected chi connectivity index (χ2v) is 2.67. The number of hydrogen-bond donors (Lipinski definition) is 1. The monoisotopic (exact) mass is 196 g/mol. The van der Waals surface area contributed by atoms with Crippen molar-refractivity contribution in [3.05, 3.63) is 33.8 Å². The zero-order valence-corrected chi connectivity index (χ0v) is 7.21. The fourth-order valence-electron chi connectivity index (χ4n) is 0.959. The average molecular weight is 196 g/mol. The van der Waals surface area contributed by atoms with Crippen LogP contribution < -0.4 is 0 Å². The van der Waals surface area contributed by atoms with Gasteiger partial charge in [0.05, 0.1) is 17.4 Å². The van der Waals surface area contributed by atoms with Gasteiger partial charge in [0.15, 0.2) is 0 Å². The zero-order chi connectivity index (χ0) is 10.6. The van der Waals surface area contributed by atoms with E-state index in [0.717, 1.165) is 0 Å². The molecule has 0 spiro atoms. The highest BCUT2D eigenvalue weighted by atomic mass is 16.7. The maximum absolute atomic E-state index is 10.1. The molecule has 0 aromatic carbocycles. The van der Waals surface area contributed by atoms with E-state index in [1.165, 1.54) is 6.07 Å². The molecule has 0 amide bonds. The molecule has 1 unspecified atom stereocenters. The highest BCUT2D eigenvalue weighted by Crippen LogP contribution is 2.10. The minimum Gasteiger partial charge on any atom is -0.465 e. The summed E-state index contributed by atoms with van der Waals surface area (Å²) in [6.45, 7) is 0. The van der Waals surface area contributed by atoms with E-state index in [9.17, 15) is 10.1 Å². The minimum atomic E-state index is -1.66. The summed E-state index contributed by atoms with van der Waals surface area (Å²) in [7, 11) is 0. The Hall–Kier alpha value is -1.87. The Kier molecular flexibility index (Phi) is 3.20. The van der Waals surface area contributed by atoms with Crippen molar-refractivity contribution in [1.29, 1.82) is 5.26 Å². The second kappa shape index (κ2) is 4.39. The number of furan rings is 1. The van der Waals surface area contributed by atoms with Gasteiger partial charge in [0, 0.05) is 0 Å². The molecule has 14 heavy (non-hydrogen) atoms. The van der Waals surface area contributed by atoms with Crippen molar-refractivity contribution in [3.63, 3.8) is 0 Å². The molecule has 0 aliphatic carbocycles. The molecular weight excluding hydrogens is 188 g/mol. The Morgan fingerprint density at radius 2 is 2.29 bits per heavy atom. The standard InChI is InChI=1S/C8H8N2O4/c9-4-3-6-1-2-7(14-6)5-8(11)10(12)13/h1-2,8,11H,3,5H2. The van der Waals surface area contributed by atoms with Crippen molar-refractivity contribution in [3.8, 4) is 6.07 Å². The third-order valence-electron chi connectivity index (χ3n) is 1.60. The average Bonchev–Trinajstić information content (AvgIpc) is 2.53. The van der Waals surface area contributed by atoms with E-state index in [2.05, 4.69) is 0 Å². The number of hydrogen-bond acceptors (Lipinski definition) is 5. The molecule has 0 aliphatic rings. The number of nitriles is 1.